The topological polar surface area (TPSA) is 237 Å². The number of phosphoric acid groups is 2. The maximum atomic E-state index is 13.1. The van der Waals surface area contributed by atoms with E-state index in [9.17, 15) is 43.2 Å². The number of rotatable bonds is 74. The molecule has 0 aromatic heterocycles. The lowest BCUT2D eigenvalue weighted by Crippen LogP contribution is -2.30. The second-order valence-electron chi connectivity index (χ2n) is 28.8. The summed E-state index contributed by atoms with van der Waals surface area (Å²) in [6.07, 6.45) is 52.9. The van der Waals surface area contributed by atoms with Gasteiger partial charge in [-0.3, -0.25) is 37.3 Å². The van der Waals surface area contributed by atoms with Crippen molar-refractivity contribution in [3.63, 3.8) is 0 Å². The van der Waals surface area contributed by atoms with E-state index in [1.54, 1.807) is 0 Å². The van der Waals surface area contributed by atoms with Gasteiger partial charge < -0.3 is 33.8 Å². The Kier molecular flexibility index (Phi) is 65.2. The van der Waals surface area contributed by atoms with E-state index in [2.05, 4.69) is 48.5 Å². The Bertz CT molecular complexity index is 1850. The molecule has 0 spiro atoms. The molecule has 17 nitrogen and oxygen atoms in total. The van der Waals surface area contributed by atoms with Gasteiger partial charge in [-0.05, 0) is 43.4 Å². The van der Waals surface area contributed by atoms with Gasteiger partial charge >= 0.3 is 39.5 Å². The molecule has 19 heteroatoms. The molecular weight excluding hydrogens is 1250 g/mol. The van der Waals surface area contributed by atoms with E-state index in [-0.39, 0.29) is 25.7 Å². The lowest BCUT2D eigenvalue weighted by molar-refractivity contribution is -0.161. The van der Waals surface area contributed by atoms with Crippen molar-refractivity contribution in [3.05, 3.63) is 0 Å². The summed E-state index contributed by atoms with van der Waals surface area (Å²) in [6, 6.07) is 0. The molecule has 95 heavy (non-hydrogen) atoms. The van der Waals surface area contributed by atoms with Crippen LogP contribution in [-0.2, 0) is 65.4 Å². The van der Waals surface area contributed by atoms with Crippen LogP contribution in [0, 0.1) is 17.8 Å². The van der Waals surface area contributed by atoms with Crippen molar-refractivity contribution in [1.29, 1.82) is 0 Å². The monoisotopic (exact) mass is 1400 g/mol. The van der Waals surface area contributed by atoms with Crippen LogP contribution in [0.4, 0.5) is 0 Å². The van der Waals surface area contributed by atoms with E-state index < -0.39 is 97.5 Å². The molecule has 0 aliphatic rings. The zero-order valence-corrected chi connectivity index (χ0v) is 63.9. The van der Waals surface area contributed by atoms with Crippen molar-refractivity contribution in [2.45, 2.75) is 407 Å². The second kappa shape index (κ2) is 66.6. The van der Waals surface area contributed by atoms with Gasteiger partial charge in [-0.1, -0.05) is 337 Å². The molecule has 0 saturated heterocycles. The van der Waals surface area contributed by atoms with Gasteiger partial charge in [0, 0.05) is 25.7 Å². The molecule has 0 rings (SSSR count). The van der Waals surface area contributed by atoms with Crippen LogP contribution in [0.5, 0.6) is 0 Å². The van der Waals surface area contributed by atoms with Gasteiger partial charge in [0.15, 0.2) is 12.2 Å². The molecule has 564 valence electrons. The lowest BCUT2D eigenvalue weighted by Gasteiger charge is -2.21. The maximum Gasteiger partial charge on any atom is 0.472 e. The van der Waals surface area contributed by atoms with E-state index in [4.69, 9.17) is 37.0 Å². The zero-order chi connectivity index (χ0) is 70.1. The molecule has 0 saturated carbocycles. The summed E-state index contributed by atoms with van der Waals surface area (Å²) in [4.78, 5) is 72.7. The van der Waals surface area contributed by atoms with Crippen LogP contribution >= 0.6 is 15.6 Å². The molecule has 0 aliphatic carbocycles. The second-order valence-corrected chi connectivity index (χ2v) is 31.7. The highest BCUT2D eigenvalue weighted by Crippen LogP contribution is 2.45. The molecule has 0 heterocycles. The van der Waals surface area contributed by atoms with Crippen molar-refractivity contribution < 1.29 is 80.2 Å². The summed E-state index contributed by atoms with van der Waals surface area (Å²) in [7, 11) is -9.91. The normalized spacial score (nSPS) is 14.1. The molecule has 5 atom stereocenters. The van der Waals surface area contributed by atoms with Crippen molar-refractivity contribution in [3.8, 4) is 0 Å². The summed E-state index contributed by atoms with van der Waals surface area (Å²) in [5, 5.41) is 10.6. The number of carbonyl (C=O) groups is 4. The van der Waals surface area contributed by atoms with Gasteiger partial charge in [0.1, 0.15) is 19.3 Å². The minimum absolute atomic E-state index is 0.105. The minimum Gasteiger partial charge on any atom is -0.462 e. The maximum absolute atomic E-state index is 13.1. The highest BCUT2D eigenvalue weighted by atomic mass is 31.2. The molecule has 0 radical (unpaired) electrons. The number of phosphoric ester groups is 2. The van der Waals surface area contributed by atoms with E-state index in [1.807, 2.05) is 0 Å². The number of carbonyl (C=O) groups excluding carboxylic acids is 4. The van der Waals surface area contributed by atoms with E-state index >= 15 is 0 Å². The third kappa shape index (κ3) is 70.3. The number of esters is 4. The van der Waals surface area contributed by atoms with Gasteiger partial charge in [0.2, 0.25) is 0 Å². The van der Waals surface area contributed by atoms with Crippen LogP contribution in [0.2, 0.25) is 0 Å². The highest BCUT2D eigenvalue weighted by Gasteiger charge is 2.30. The summed E-state index contributed by atoms with van der Waals surface area (Å²) in [5.74, 6) is 0.232. The standard InChI is InChI=1S/C76H148O17P2/c1-8-9-10-11-33-43-50-57-73(78)86-63-71(92-76(81)60-53-46-39-32-26-25-29-36-42-49-56-69(6)7)65-90-94(82,83)88-61-70(77)62-89-95(84,85)91-66-72(64-87-74(79)58-51-44-37-30-23-19-16-15-18-22-28-35-41-48-55-68(4)5)93-75(80)59-52-45-38-31-24-20-14-12-13-17-21-27-34-40-47-54-67(2)3/h67-72,77H,8-66H2,1-7H3,(H,82,83)(H,84,85)/t70-,71+,72+/m0/s1. The minimum atomic E-state index is -4.96. The number of ether oxygens (including phenoxy) is 4. The van der Waals surface area contributed by atoms with Crippen molar-refractivity contribution in [2.75, 3.05) is 39.6 Å². The van der Waals surface area contributed by atoms with Crippen molar-refractivity contribution >= 4 is 39.5 Å². The molecule has 3 N–H and O–H groups in total. The number of aliphatic hydroxyl groups is 1. The molecule has 0 aliphatic heterocycles. The fraction of sp³-hybridized carbons (Fsp3) is 0.947. The lowest BCUT2D eigenvalue weighted by atomic mass is 10.0. The highest BCUT2D eigenvalue weighted by molar-refractivity contribution is 7.47. The van der Waals surface area contributed by atoms with Gasteiger partial charge in [-0.2, -0.15) is 0 Å². The average Bonchev–Trinajstić information content (AvgIpc) is 3.62. The largest absolute Gasteiger partial charge is 0.472 e. The Hall–Kier alpha value is -1.94. The molecule has 2 unspecified atom stereocenters. The number of hydrogen-bond donors (Lipinski definition) is 3. The first-order valence-electron chi connectivity index (χ1n) is 39.3. The Morgan fingerprint density at radius 2 is 0.484 bits per heavy atom. The quantitative estimate of drug-likeness (QED) is 0.0222. The first kappa shape index (κ1) is 93.1. The Morgan fingerprint density at radius 1 is 0.284 bits per heavy atom. The van der Waals surface area contributed by atoms with Crippen LogP contribution in [-0.4, -0.2) is 96.7 Å². The average molecular weight is 1400 g/mol. The Labute approximate surface area is 581 Å². The number of aliphatic hydroxyl groups excluding tert-OH is 1. The fourth-order valence-corrected chi connectivity index (χ4v) is 13.2. The zero-order valence-electron chi connectivity index (χ0n) is 62.1. The van der Waals surface area contributed by atoms with E-state index in [1.165, 1.54) is 186 Å². The summed E-state index contributed by atoms with van der Waals surface area (Å²) in [5.41, 5.74) is 0. The van der Waals surface area contributed by atoms with Gasteiger partial charge in [-0.15, -0.1) is 0 Å². The molecule has 0 aromatic carbocycles. The van der Waals surface area contributed by atoms with Crippen molar-refractivity contribution in [2.24, 2.45) is 17.8 Å². The molecule has 0 amide bonds. The van der Waals surface area contributed by atoms with Gasteiger partial charge in [0.05, 0.1) is 26.4 Å². The Morgan fingerprint density at radius 3 is 0.716 bits per heavy atom. The van der Waals surface area contributed by atoms with E-state index in [0.717, 1.165) is 120 Å². The fourth-order valence-electron chi connectivity index (χ4n) is 11.6. The third-order valence-corrected chi connectivity index (χ3v) is 19.5. The smallest absolute Gasteiger partial charge is 0.462 e. The number of hydrogen-bond acceptors (Lipinski definition) is 15. The third-order valence-electron chi connectivity index (χ3n) is 17.6. The predicted octanol–water partition coefficient (Wildman–Crippen LogP) is 22.2. The summed E-state index contributed by atoms with van der Waals surface area (Å²) >= 11 is 0. The molecule has 0 aromatic rings. The molecular formula is C76H148O17P2. The first-order valence-corrected chi connectivity index (χ1v) is 42.3. The van der Waals surface area contributed by atoms with Crippen LogP contribution in [0.15, 0.2) is 0 Å². The SMILES string of the molecule is CCCCCCCCCC(=O)OC[C@H](COP(=O)(O)OC[C@H](O)COP(=O)(O)OC[C@@H](COC(=O)CCCCCCCCCCCCCCCCC(C)C)OC(=O)CCCCCCCCCCCCCCCCCC(C)C)OC(=O)CCCCCCCCCCCCC(C)C. The number of unbranched alkanes of at least 4 members (excludes halogenated alkanes) is 42. The van der Waals surface area contributed by atoms with Gasteiger partial charge in [-0.25, -0.2) is 9.13 Å². The first-order chi connectivity index (χ1) is 45.7. The summed E-state index contributed by atoms with van der Waals surface area (Å²) < 4.78 is 68.4. The van der Waals surface area contributed by atoms with Crippen molar-refractivity contribution in [1.82, 2.24) is 0 Å². The predicted molar refractivity (Wildman–Crippen MR) is 386 cm³/mol. The molecule has 0 fully saturated rings. The van der Waals surface area contributed by atoms with Crippen LogP contribution in [0.1, 0.15) is 389 Å². The van der Waals surface area contributed by atoms with Gasteiger partial charge in [0.25, 0.3) is 0 Å². The van der Waals surface area contributed by atoms with Crippen LogP contribution < -0.4 is 0 Å². The molecule has 0 bridgehead atoms. The summed E-state index contributed by atoms with van der Waals surface area (Å²) in [6.45, 7) is 11.9. The van der Waals surface area contributed by atoms with E-state index in [0.29, 0.717) is 25.7 Å². The Balaban J connectivity index is 5.20. The van der Waals surface area contributed by atoms with Crippen LogP contribution in [0.3, 0.4) is 0 Å². The van der Waals surface area contributed by atoms with Crippen LogP contribution in [0.25, 0.3) is 0 Å².